The smallest absolute Gasteiger partial charge is 0.243 e. The van der Waals surface area contributed by atoms with Crippen LogP contribution in [-0.4, -0.2) is 34.9 Å². The van der Waals surface area contributed by atoms with Gasteiger partial charge in [-0.15, -0.1) is 0 Å². The quantitative estimate of drug-likeness (QED) is 0.550. The molecule has 2 N–H and O–H groups in total. The van der Waals surface area contributed by atoms with Crippen LogP contribution in [0.3, 0.4) is 0 Å². The third-order valence-corrected chi connectivity index (χ3v) is 6.60. The Balaban J connectivity index is 1.42. The lowest BCUT2D eigenvalue weighted by Gasteiger charge is -2.11. The van der Waals surface area contributed by atoms with E-state index in [1.165, 1.54) is 0 Å². The molecule has 36 heavy (non-hydrogen) atoms. The largest absolute Gasteiger partial charge is 0.325 e. The molecule has 0 bridgehead atoms. The minimum Gasteiger partial charge on any atom is -0.325 e. The van der Waals surface area contributed by atoms with E-state index < -0.39 is 46.8 Å². The molecule has 8 heteroatoms. The number of fused-ring (bicyclic) bond motifs is 2. The van der Waals surface area contributed by atoms with Gasteiger partial charge in [0, 0.05) is 33.6 Å². The molecule has 3 aromatic rings. The summed E-state index contributed by atoms with van der Waals surface area (Å²) in [6.45, 7) is 3.55. The monoisotopic (exact) mass is 480 g/mol. The van der Waals surface area contributed by atoms with Crippen molar-refractivity contribution in [2.75, 3.05) is 10.6 Å². The first kappa shape index (κ1) is 23.0. The van der Waals surface area contributed by atoms with Gasteiger partial charge in [-0.2, -0.15) is 0 Å². The standard InChI is InChI=1S/C28H20N2O6/c1-13-7-3-5-9-19(13)29-27(35)21-23(31)15-11-17-18(12-16(15)24(21)32)26(34)22(25(17)33)28(36)30-20-10-6-4-8-14(20)2/h3-12,21-22H,1-2H3,(H,29,35)(H,30,36). The molecule has 0 atom stereocenters. The molecule has 0 fully saturated rings. The van der Waals surface area contributed by atoms with Crippen LogP contribution in [0.2, 0.25) is 0 Å². The second kappa shape index (κ2) is 8.49. The predicted octanol–water partition coefficient (Wildman–Crippen LogP) is 3.57. The fourth-order valence-electron chi connectivity index (χ4n) is 4.59. The van der Waals surface area contributed by atoms with E-state index in [0.29, 0.717) is 11.4 Å². The Morgan fingerprint density at radius 2 is 0.861 bits per heavy atom. The van der Waals surface area contributed by atoms with E-state index in [0.717, 1.165) is 23.3 Å². The van der Waals surface area contributed by atoms with E-state index >= 15 is 0 Å². The number of carbonyl (C=O) groups excluding carboxylic acids is 6. The fourth-order valence-corrected chi connectivity index (χ4v) is 4.59. The molecule has 0 radical (unpaired) electrons. The topological polar surface area (TPSA) is 126 Å². The molecule has 2 aliphatic rings. The lowest BCUT2D eigenvalue weighted by molar-refractivity contribution is -0.118. The molecular formula is C28H20N2O6. The molecule has 2 amide bonds. The molecular weight excluding hydrogens is 460 g/mol. The Kier molecular flexibility index (Phi) is 5.44. The minimum atomic E-state index is -1.62. The molecule has 0 heterocycles. The minimum absolute atomic E-state index is 0.107. The lowest BCUT2D eigenvalue weighted by atomic mass is 10.0. The van der Waals surface area contributed by atoms with Crippen LogP contribution in [0.1, 0.15) is 52.6 Å². The summed E-state index contributed by atoms with van der Waals surface area (Å²) in [4.78, 5) is 77.9. The highest BCUT2D eigenvalue weighted by molar-refractivity contribution is 6.40. The van der Waals surface area contributed by atoms with Crippen LogP contribution in [-0.2, 0) is 9.59 Å². The van der Waals surface area contributed by atoms with Crippen LogP contribution in [0.15, 0.2) is 60.7 Å². The molecule has 0 aromatic heterocycles. The Morgan fingerprint density at radius 3 is 1.17 bits per heavy atom. The van der Waals surface area contributed by atoms with Crippen molar-refractivity contribution in [2.24, 2.45) is 11.8 Å². The molecule has 0 saturated carbocycles. The average Bonchev–Trinajstić information content (AvgIpc) is 3.24. The Morgan fingerprint density at radius 1 is 0.556 bits per heavy atom. The third-order valence-electron chi connectivity index (χ3n) is 6.60. The van der Waals surface area contributed by atoms with Gasteiger partial charge in [-0.25, -0.2) is 0 Å². The molecule has 8 nitrogen and oxygen atoms in total. The number of anilines is 2. The normalized spacial score (nSPS) is 15.2. The zero-order chi connectivity index (χ0) is 25.7. The maximum atomic E-state index is 13.0. The van der Waals surface area contributed by atoms with Crippen molar-refractivity contribution in [1.82, 2.24) is 0 Å². The van der Waals surface area contributed by atoms with Gasteiger partial charge in [0.1, 0.15) is 0 Å². The number of para-hydroxylation sites is 2. The number of benzene rings is 3. The van der Waals surface area contributed by atoms with E-state index in [4.69, 9.17) is 0 Å². The van der Waals surface area contributed by atoms with Crippen LogP contribution < -0.4 is 10.6 Å². The van der Waals surface area contributed by atoms with Gasteiger partial charge in [-0.3, -0.25) is 28.8 Å². The lowest BCUT2D eigenvalue weighted by Crippen LogP contribution is -2.32. The van der Waals surface area contributed by atoms with Crippen molar-refractivity contribution in [2.45, 2.75) is 13.8 Å². The molecule has 2 aliphatic carbocycles. The highest BCUT2D eigenvalue weighted by Gasteiger charge is 2.49. The van der Waals surface area contributed by atoms with Crippen molar-refractivity contribution < 1.29 is 28.8 Å². The van der Waals surface area contributed by atoms with E-state index in [1.807, 2.05) is 0 Å². The van der Waals surface area contributed by atoms with Crippen molar-refractivity contribution >= 4 is 46.3 Å². The van der Waals surface area contributed by atoms with E-state index in [9.17, 15) is 28.8 Å². The molecule has 0 aliphatic heterocycles. The van der Waals surface area contributed by atoms with Crippen molar-refractivity contribution in [3.63, 3.8) is 0 Å². The zero-order valence-electron chi connectivity index (χ0n) is 19.4. The SMILES string of the molecule is Cc1ccccc1NC(=O)C1C(=O)c2cc3c(cc2C1=O)C(=O)C(C(=O)Nc1ccccc1C)C3=O. The first-order valence-electron chi connectivity index (χ1n) is 11.3. The Bertz CT molecular complexity index is 1370. The van der Waals surface area contributed by atoms with Crippen LogP contribution in [0.4, 0.5) is 11.4 Å². The van der Waals surface area contributed by atoms with Crippen molar-refractivity contribution in [1.29, 1.82) is 0 Å². The van der Waals surface area contributed by atoms with Gasteiger partial charge in [0.05, 0.1) is 0 Å². The summed E-state index contributed by atoms with van der Waals surface area (Å²) in [6, 6.07) is 16.2. The Labute approximate surface area is 205 Å². The predicted molar refractivity (Wildman–Crippen MR) is 130 cm³/mol. The summed E-state index contributed by atoms with van der Waals surface area (Å²) < 4.78 is 0. The van der Waals surface area contributed by atoms with Crippen molar-refractivity contribution in [3.05, 3.63) is 94.0 Å². The number of rotatable bonds is 4. The summed E-state index contributed by atoms with van der Waals surface area (Å²) in [7, 11) is 0. The molecule has 5 rings (SSSR count). The molecule has 0 saturated heterocycles. The first-order chi connectivity index (χ1) is 17.2. The van der Waals surface area contributed by atoms with Gasteiger partial charge >= 0.3 is 0 Å². The highest BCUT2D eigenvalue weighted by atomic mass is 16.2. The van der Waals surface area contributed by atoms with Crippen LogP contribution in [0.5, 0.6) is 0 Å². The summed E-state index contributed by atoms with van der Waals surface area (Å²) in [5, 5.41) is 5.21. The number of ketones is 4. The molecule has 0 spiro atoms. The van der Waals surface area contributed by atoms with Gasteiger partial charge in [0.15, 0.2) is 35.0 Å². The van der Waals surface area contributed by atoms with Crippen LogP contribution >= 0.6 is 0 Å². The number of Topliss-reactive ketones (excluding diaryl/α,β-unsaturated/α-hetero) is 4. The van der Waals surface area contributed by atoms with Gasteiger partial charge in [0.25, 0.3) is 0 Å². The van der Waals surface area contributed by atoms with Gasteiger partial charge in [-0.1, -0.05) is 36.4 Å². The number of nitrogens with one attached hydrogen (secondary N) is 2. The average molecular weight is 480 g/mol. The summed E-state index contributed by atoms with van der Waals surface area (Å²) in [5.41, 5.74) is 2.02. The fraction of sp³-hybridized carbons (Fsp3) is 0.143. The van der Waals surface area contributed by atoms with E-state index in [1.54, 1.807) is 62.4 Å². The van der Waals surface area contributed by atoms with Crippen LogP contribution in [0.25, 0.3) is 0 Å². The number of aryl methyl sites for hydroxylation is 2. The van der Waals surface area contributed by atoms with Gasteiger partial charge < -0.3 is 10.6 Å². The maximum Gasteiger partial charge on any atom is 0.243 e. The molecule has 3 aromatic carbocycles. The third kappa shape index (κ3) is 3.54. The summed E-state index contributed by atoms with van der Waals surface area (Å²) >= 11 is 0. The zero-order valence-corrected chi connectivity index (χ0v) is 19.4. The molecule has 178 valence electrons. The summed E-state index contributed by atoms with van der Waals surface area (Å²) in [5.74, 6) is -7.82. The van der Waals surface area contributed by atoms with Crippen LogP contribution in [0, 0.1) is 25.7 Å². The van der Waals surface area contributed by atoms with E-state index in [-0.39, 0.29) is 22.3 Å². The number of hydrogen-bond acceptors (Lipinski definition) is 6. The van der Waals surface area contributed by atoms with Crippen molar-refractivity contribution in [3.8, 4) is 0 Å². The van der Waals surface area contributed by atoms with Gasteiger partial charge in [0.2, 0.25) is 11.8 Å². The molecule has 0 unspecified atom stereocenters. The second-order valence-electron chi connectivity index (χ2n) is 8.87. The summed E-state index contributed by atoms with van der Waals surface area (Å²) in [6.07, 6.45) is 0. The Hall–Kier alpha value is -4.72. The first-order valence-corrected chi connectivity index (χ1v) is 11.3. The van der Waals surface area contributed by atoms with Gasteiger partial charge in [-0.05, 0) is 49.2 Å². The highest BCUT2D eigenvalue weighted by Crippen LogP contribution is 2.36. The maximum absolute atomic E-state index is 13.0. The number of carbonyl (C=O) groups is 6. The number of hydrogen-bond donors (Lipinski definition) is 2. The van der Waals surface area contributed by atoms with E-state index in [2.05, 4.69) is 10.6 Å². The second-order valence-corrected chi connectivity index (χ2v) is 8.87. The number of amides is 2.